The Labute approximate surface area is 313 Å². The lowest BCUT2D eigenvalue weighted by Gasteiger charge is -2.64. The van der Waals surface area contributed by atoms with Crippen LogP contribution in [-0.4, -0.2) is 121 Å². The zero-order chi connectivity index (χ0) is 39.0. The first-order chi connectivity index (χ1) is 24.6. The molecule has 18 unspecified atom stereocenters. The van der Waals surface area contributed by atoms with Crippen molar-refractivity contribution in [1.82, 2.24) is 4.90 Å². The Bertz CT molecular complexity index is 1500. The highest BCUT2D eigenvalue weighted by Crippen LogP contribution is 2.77. The number of esters is 3. The van der Waals surface area contributed by atoms with Gasteiger partial charge in [0.15, 0.2) is 12.2 Å². The molecule has 3 saturated heterocycles. The fourth-order valence-corrected chi connectivity index (χ4v) is 12.9. The van der Waals surface area contributed by atoms with Crippen LogP contribution >= 0.6 is 0 Å². The summed E-state index contributed by atoms with van der Waals surface area (Å²) in [5.74, 6) is -8.35. The van der Waals surface area contributed by atoms with E-state index >= 15 is 0 Å². The molecule has 4 saturated carbocycles. The van der Waals surface area contributed by atoms with E-state index in [9.17, 15) is 39.9 Å². The molecule has 0 amide bonds. The van der Waals surface area contributed by atoms with E-state index in [0.717, 1.165) is 19.4 Å². The van der Waals surface area contributed by atoms with Crippen molar-refractivity contribution in [3.05, 3.63) is 0 Å². The van der Waals surface area contributed by atoms with Crippen LogP contribution in [0, 0.1) is 52.3 Å². The number of aliphatic hydroxyl groups excluding tert-OH is 2. The van der Waals surface area contributed by atoms with E-state index in [1.807, 2.05) is 20.8 Å². The summed E-state index contributed by atoms with van der Waals surface area (Å²) < 4.78 is 25.3. The summed E-state index contributed by atoms with van der Waals surface area (Å²) in [6.07, 6.45) is -4.22. The second kappa shape index (κ2) is 12.6. The van der Waals surface area contributed by atoms with Crippen LogP contribution in [0.4, 0.5) is 0 Å². The molecule has 7 fully saturated rings. The molecule has 7 aliphatic rings. The van der Waals surface area contributed by atoms with E-state index in [-0.39, 0.29) is 25.3 Å². The summed E-state index contributed by atoms with van der Waals surface area (Å²) in [6, 6.07) is -0.264. The van der Waals surface area contributed by atoms with Gasteiger partial charge in [0.25, 0.3) is 0 Å². The summed E-state index contributed by atoms with van der Waals surface area (Å²) in [5, 5.41) is 63.7. The van der Waals surface area contributed by atoms with Gasteiger partial charge in [-0.25, -0.2) is 0 Å². The largest absolute Gasteiger partial charge is 0.462 e. The van der Waals surface area contributed by atoms with Crippen LogP contribution in [-0.2, 0) is 33.3 Å². The zero-order valence-corrected chi connectivity index (χ0v) is 32.9. The number of carbonyl (C=O) groups excluding carboxylic acids is 3. The van der Waals surface area contributed by atoms with Gasteiger partial charge in [-0.05, 0) is 77.0 Å². The van der Waals surface area contributed by atoms with Crippen LogP contribution in [0.3, 0.4) is 0 Å². The molecule has 13 nitrogen and oxygen atoms in total. The Morgan fingerprint density at radius 3 is 2.28 bits per heavy atom. The number of piperidine rings is 2. The monoisotopic (exact) mass is 749 g/mol. The van der Waals surface area contributed by atoms with E-state index in [4.69, 9.17) is 18.9 Å². The maximum absolute atomic E-state index is 13.7. The molecule has 1 spiro atoms. The van der Waals surface area contributed by atoms with Gasteiger partial charge in [-0.2, -0.15) is 0 Å². The minimum Gasteiger partial charge on any atom is -0.462 e. The van der Waals surface area contributed by atoms with E-state index in [1.54, 1.807) is 27.7 Å². The van der Waals surface area contributed by atoms with Crippen LogP contribution in [0.5, 0.6) is 0 Å². The van der Waals surface area contributed by atoms with Crippen LogP contribution in [0.25, 0.3) is 0 Å². The molecule has 0 aromatic heterocycles. The maximum atomic E-state index is 13.7. The second-order valence-corrected chi connectivity index (χ2v) is 19.2. The first-order valence-corrected chi connectivity index (χ1v) is 20.1. The Morgan fingerprint density at radius 2 is 1.66 bits per heavy atom. The van der Waals surface area contributed by atoms with E-state index in [2.05, 4.69) is 11.8 Å². The van der Waals surface area contributed by atoms with Crippen molar-refractivity contribution in [2.24, 2.45) is 52.3 Å². The Morgan fingerprint density at radius 1 is 0.981 bits per heavy atom. The van der Waals surface area contributed by atoms with Crippen LogP contribution in [0.2, 0.25) is 0 Å². The van der Waals surface area contributed by atoms with Crippen LogP contribution in [0.15, 0.2) is 0 Å². The highest BCUT2D eigenvalue weighted by molar-refractivity contribution is 5.76. The summed E-state index contributed by atoms with van der Waals surface area (Å²) in [7, 11) is 0. The number of aliphatic hydroxyl groups is 5. The standard InChI is InChI=1S/C40H63NO12/c1-10-20(4)33(45)52-32-30(44)29-22(18-41-17-19(3)12-13-26(41)37(29,9)47)23-16-38-31(39(23,32)48)24(43)14-25-36(38,8)27(50-21(5)42)15-28(40(25,49)53-38)51-34(46)35(6,7)11-2/h19-20,22-32,43-44,47-49H,10-18H2,1-9H3. The van der Waals surface area contributed by atoms with Crippen molar-refractivity contribution in [3.8, 4) is 0 Å². The number of carbonyl (C=O) groups is 3. The van der Waals surface area contributed by atoms with Gasteiger partial charge < -0.3 is 44.5 Å². The number of ether oxygens (including phenoxy) is 4. The Hall–Kier alpha value is -1.87. The van der Waals surface area contributed by atoms with Crippen molar-refractivity contribution < 1.29 is 58.9 Å². The van der Waals surface area contributed by atoms with Crippen LogP contribution in [0.1, 0.15) is 107 Å². The van der Waals surface area contributed by atoms with Crippen molar-refractivity contribution in [3.63, 3.8) is 0 Å². The predicted octanol–water partition coefficient (Wildman–Crippen LogP) is 2.31. The zero-order valence-electron chi connectivity index (χ0n) is 32.9. The molecule has 13 heteroatoms. The van der Waals surface area contributed by atoms with Crippen LogP contribution < -0.4 is 0 Å². The molecule has 5 N–H and O–H groups in total. The Kier molecular flexibility index (Phi) is 9.33. The second-order valence-electron chi connectivity index (χ2n) is 19.2. The third-order valence-corrected chi connectivity index (χ3v) is 16.1. The highest BCUT2D eigenvalue weighted by atomic mass is 16.7. The molecule has 4 bridgehead atoms. The predicted molar refractivity (Wildman–Crippen MR) is 188 cm³/mol. The average Bonchev–Trinajstić information content (AvgIpc) is 3.37. The maximum Gasteiger partial charge on any atom is 0.311 e. The van der Waals surface area contributed by atoms with Crippen molar-refractivity contribution in [2.45, 2.75) is 166 Å². The highest BCUT2D eigenvalue weighted by Gasteiger charge is 2.89. The molecule has 3 aliphatic heterocycles. The van der Waals surface area contributed by atoms with Crippen molar-refractivity contribution in [1.29, 1.82) is 0 Å². The molecule has 300 valence electrons. The van der Waals surface area contributed by atoms with Crippen molar-refractivity contribution in [2.75, 3.05) is 13.1 Å². The summed E-state index contributed by atoms with van der Waals surface area (Å²) in [6.45, 7) is 17.1. The number of rotatable bonds is 7. The van der Waals surface area contributed by atoms with E-state index < -0.39 is 117 Å². The van der Waals surface area contributed by atoms with E-state index in [1.165, 1.54) is 6.92 Å². The van der Waals surface area contributed by atoms with E-state index in [0.29, 0.717) is 25.3 Å². The lowest BCUT2D eigenvalue weighted by molar-refractivity contribution is -0.300. The average molecular weight is 750 g/mol. The number of nitrogens with zero attached hydrogens (tertiary/aromatic N) is 1. The molecular weight excluding hydrogens is 686 g/mol. The molecular formula is C40H63NO12. The Balaban J connectivity index is 1.40. The summed E-state index contributed by atoms with van der Waals surface area (Å²) >= 11 is 0. The number of hydrogen-bond acceptors (Lipinski definition) is 13. The van der Waals surface area contributed by atoms with Gasteiger partial charge in [0.05, 0.1) is 34.7 Å². The lowest BCUT2D eigenvalue weighted by Crippen LogP contribution is -2.77. The van der Waals surface area contributed by atoms with Gasteiger partial charge >= 0.3 is 17.9 Å². The molecule has 7 rings (SSSR count). The van der Waals surface area contributed by atoms with Gasteiger partial charge in [0.2, 0.25) is 5.79 Å². The van der Waals surface area contributed by atoms with Gasteiger partial charge in [-0.1, -0.05) is 34.6 Å². The fraction of sp³-hybridized carbons (Fsp3) is 0.925. The molecule has 4 aliphatic carbocycles. The van der Waals surface area contributed by atoms with Gasteiger partial charge in [-0.3, -0.25) is 19.3 Å². The molecule has 18 atom stereocenters. The minimum absolute atomic E-state index is 0.0365. The lowest BCUT2D eigenvalue weighted by atomic mass is 9.48. The van der Waals surface area contributed by atoms with Gasteiger partial charge in [0, 0.05) is 55.6 Å². The molecule has 0 radical (unpaired) electrons. The third kappa shape index (κ3) is 5.15. The summed E-state index contributed by atoms with van der Waals surface area (Å²) in [5.41, 5.74) is -7.24. The first-order valence-electron chi connectivity index (χ1n) is 20.1. The fourth-order valence-electron chi connectivity index (χ4n) is 12.9. The normalized spacial score (nSPS) is 52.0. The van der Waals surface area contributed by atoms with Gasteiger partial charge in [0.1, 0.15) is 11.7 Å². The van der Waals surface area contributed by atoms with Crippen molar-refractivity contribution >= 4 is 17.9 Å². The SMILES string of the molecule is CCC(C)C(=O)OC1C(O)C2C(CN3CC(C)CCC3C2(C)O)C2CC34OC5(O)C(OC(=O)C(C)(C)CC)CC(OC(C)=O)C3(C)C5CC(O)C4C21O. The minimum atomic E-state index is -2.13. The third-order valence-electron chi connectivity index (χ3n) is 16.1. The number of fused-ring (bicyclic) bond motifs is 5. The molecule has 53 heavy (non-hydrogen) atoms. The summed E-state index contributed by atoms with van der Waals surface area (Å²) in [4.78, 5) is 42.3. The smallest absolute Gasteiger partial charge is 0.311 e. The molecule has 0 aromatic rings. The molecule has 3 heterocycles. The topological polar surface area (TPSA) is 193 Å². The molecule has 0 aromatic carbocycles. The number of hydrogen-bond donors (Lipinski definition) is 5. The van der Waals surface area contributed by atoms with Gasteiger partial charge in [-0.15, -0.1) is 0 Å². The first kappa shape index (κ1) is 39.4. The quantitative estimate of drug-likeness (QED) is 0.188.